The van der Waals surface area contributed by atoms with Gasteiger partial charge in [0.1, 0.15) is 22.9 Å². The van der Waals surface area contributed by atoms with Crippen LogP contribution in [0.25, 0.3) is 11.1 Å². The van der Waals surface area contributed by atoms with Crippen LogP contribution in [-0.4, -0.2) is 5.25 Å². The fourth-order valence-corrected chi connectivity index (χ4v) is 3.98. The molecule has 0 aliphatic heterocycles. The number of alkyl halides is 2. The standard InChI is InChI=1S/C22H13F7OS/c23-16-6-13(10-1-2-11-4-15(31)5-12(11)3-10)7-17(24)20(16)22(28,29)30-14-8-18(25)21(27)19(26)9-14/h1-3,6-9,15,31H,4-5H2. The molecule has 0 amide bonds. The Morgan fingerprint density at radius 3 is 1.94 bits per heavy atom. The van der Waals surface area contributed by atoms with Crippen molar-refractivity contribution in [3.63, 3.8) is 0 Å². The van der Waals surface area contributed by atoms with Gasteiger partial charge in [0.05, 0.1) is 0 Å². The molecular formula is C22H13F7OS. The molecule has 0 saturated heterocycles. The average molecular weight is 458 g/mol. The van der Waals surface area contributed by atoms with Crippen LogP contribution in [0.2, 0.25) is 0 Å². The maximum absolute atomic E-state index is 14.5. The van der Waals surface area contributed by atoms with Crippen LogP contribution in [0.15, 0.2) is 42.5 Å². The first-order valence-electron chi connectivity index (χ1n) is 9.06. The molecule has 0 aromatic heterocycles. The number of ether oxygens (including phenoxy) is 1. The SMILES string of the molecule is Fc1cc(OC(F)(F)c2c(F)cc(-c3ccc4c(c3)CC(S)C4)cc2F)cc(F)c1F. The summed E-state index contributed by atoms with van der Waals surface area (Å²) in [5, 5.41) is 0.137. The molecule has 31 heavy (non-hydrogen) atoms. The Bertz CT molecular complexity index is 1130. The summed E-state index contributed by atoms with van der Waals surface area (Å²) >= 11 is 4.41. The van der Waals surface area contributed by atoms with Crippen LogP contribution >= 0.6 is 12.6 Å². The van der Waals surface area contributed by atoms with E-state index in [9.17, 15) is 30.7 Å². The van der Waals surface area contributed by atoms with E-state index in [2.05, 4.69) is 17.4 Å². The Labute approximate surface area is 177 Å². The second-order valence-corrected chi connectivity index (χ2v) is 7.91. The third kappa shape index (κ3) is 4.11. The molecule has 1 aliphatic rings. The second-order valence-electron chi connectivity index (χ2n) is 7.18. The minimum absolute atomic E-state index is 0.0267. The van der Waals surface area contributed by atoms with Gasteiger partial charge < -0.3 is 4.74 Å². The lowest BCUT2D eigenvalue weighted by Gasteiger charge is -2.20. The summed E-state index contributed by atoms with van der Waals surface area (Å²) in [6.45, 7) is 0. The van der Waals surface area contributed by atoms with E-state index in [1.165, 1.54) is 0 Å². The molecular weight excluding hydrogens is 445 g/mol. The highest BCUT2D eigenvalue weighted by molar-refractivity contribution is 7.81. The van der Waals surface area contributed by atoms with E-state index < -0.39 is 46.5 Å². The van der Waals surface area contributed by atoms with Gasteiger partial charge >= 0.3 is 6.11 Å². The lowest BCUT2D eigenvalue weighted by molar-refractivity contribution is -0.189. The number of thiol groups is 1. The van der Waals surface area contributed by atoms with Gasteiger partial charge in [0, 0.05) is 17.4 Å². The van der Waals surface area contributed by atoms with Crippen molar-refractivity contribution in [1.29, 1.82) is 0 Å². The van der Waals surface area contributed by atoms with Crippen molar-refractivity contribution in [3.8, 4) is 16.9 Å². The Morgan fingerprint density at radius 1 is 0.742 bits per heavy atom. The van der Waals surface area contributed by atoms with Gasteiger partial charge in [0.25, 0.3) is 0 Å². The van der Waals surface area contributed by atoms with Gasteiger partial charge in [-0.3, -0.25) is 0 Å². The molecule has 3 aromatic carbocycles. The number of benzene rings is 3. The van der Waals surface area contributed by atoms with Gasteiger partial charge in [-0.15, -0.1) is 0 Å². The van der Waals surface area contributed by atoms with Gasteiger partial charge in [0.15, 0.2) is 17.5 Å². The second kappa shape index (κ2) is 7.78. The first kappa shape index (κ1) is 21.5. The predicted octanol–water partition coefficient (Wildman–Crippen LogP) is 6.57. The molecule has 0 saturated carbocycles. The van der Waals surface area contributed by atoms with Crippen molar-refractivity contribution in [2.75, 3.05) is 0 Å². The highest BCUT2D eigenvalue weighted by atomic mass is 32.1. The highest BCUT2D eigenvalue weighted by Gasteiger charge is 2.41. The minimum atomic E-state index is -4.62. The fraction of sp³-hybridized carbons (Fsp3) is 0.182. The third-order valence-electron chi connectivity index (χ3n) is 4.99. The molecule has 0 spiro atoms. The van der Waals surface area contributed by atoms with Crippen LogP contribution in [0.3, 0.4) is 0 Å². The van der Waals surface area contributed by atoms with E-state index in [-0.39, 0.29) is 22.9 Å². The molecule has 162 valence electrons. The Hall–Kier alpha value is -2.68. The van der Waals surface area contributed by atoms with Crippen molar-refractivity contribution >= 4 is 12.6 Å². The first-order valence-corrected chi connectivity index (χ1v) is 9.58. The lowest BCUT2D eigenvalue weighted by atomic mass is 9.98. The topological polar surface area (TPSA) is 9.23 Å². The molecule has 0 bridgehead atoms. The van der Waals surface area contributed by atoms with Gasteiger partial charge in [-0.2, -0.15) is 21.4 Å². The number of halogens is 7. The summed E-state index contributed by atoms with van der Waals surface area (Å²) in [4.78, 5) is 0. The number of fused-ring (bicyclic) bond motifs is 1. The summed E-state index contributed by atoms with van der Waals surface area (Å²) in [7, 11) is 0. The largest absolute Gasteiger partial charge is 0.432 e. The summed E-state index contributed by atoms with van der Waals surface area (Å²) in [5.41, 5.74) is 0.727. The zero-order valence-electron chi connectivity index (χ0n) is 15.5. The minimum Gasteiger partial charge on any atom is -0.429 e. The molecule has 1 atom stereocenters. The Morgan fingerprint density at radius 2 is 1.32 bits per heavy atom. The van der Waals surface area contributed by atoms with Crippen LogP contribution < -0.4 is 4.74 Å². The van der Waals surface area contributed by atoms with E-state index in [1.807, 2.05) is 0 Å². The number of hydrogen-bond acceptors (Lipinski definition) is 2. The van der Waals surface area contributed by atoms with Crippen LogP contribution in [0, 0.1) is 29.1 Å². The number of hydrogen-bond donors (Lipinski definition) is 1. The van der Waals surface area contributed by atoms with E-state index in [4.69, 9.17) is 0 Å². The van der Waals surface area contributed by atoms with Gasteiger partial charge in [-0.1, -0.05) is 18.2 Å². The molecule has 4 rings (SSSR count). The van der Waals surface area contributed by atoms with Crippen molar-refractivity contribution in [3.05, 3.63) is 88.2 Å². The average Bonchev–Trinajstić information content (AvgIpc) is 3.04. The van der Waals surface area contributed by atoms with Gasteiger partial charge in [-0.05, 0) is 47.2 Å². The predicted molar refractivity (Wildman–Crippen MR) is 103 cm³/mol. The molecule has 0 radical (unpaired) electrons. The zero-order valence-corrected chi connectivity index (χ0v) is 16.4. The van der Waals surface area contributed by atoms with Gasteiger partial charge in [-0.25, -0.2) is 22.0 Å². The molecule has 9 heteroatoms. The monoisotopic (exact) mass is 458 g/mol. The Kier molecular flexibility index (Phi) is 5.41. The lowest BCUT2D eigenvalue weighted by Crippen LogP contribution is -2.25. The Balaban J connectivity index is 1.68. The van der Waals surface area contributed by atoms with E-state index in [0.717, 1.165) is 29.7 Å². The normalized spacial score (nSPS) is 15.8. The summed E-state index contributed by atoms with van der Waals surface area (Å²) in [6, 6.07) is 6.87. The smallest absolute Gasteiger partial charge is 0.429 e. The van der Waals surface area contributed by atoms with Crippen molar-refractivity contribution in [1.82, 2.24) is 0 Å². The molecule has 0 heterocycles. The highest BCUT2D eigenvalue weighted by Crippen LogP contribution is 2.38. The van der Waals surface area contributed by atoms with E-state index >= 15 is 0 Å². The van der Waals surface area contributed by atoms with Crippen LogP contribution in [0.1, 0.15) is 16.7 Å². The molecule has 0 fully saturated rings. The fourth-order valence-electron chi connectivity index (χ4n) is 3.58. The summed E-state index contributed by atoms with van der Waals surface area (Å²) < 4.78 is 102. The van der Waals surface area contributed by atoms with Crippen LogP contribution in [0.5, 0.6) is 5.75 Å². The maximum Gasteiger partial charge on any atom is 0.432 e. The third-order valence-corrected chi connectivity index (χ3v) is 5.35. The first-order chi connectivity index (χ1) is 14.5. The van der Waals surface area contributed by atoms with Crippen molar-refractivity contribution in [2.45, 2.75) is 24.2 Å². The molecule has 3 aromatic rings. The quantitative estimate of drug-likeness (QED) is 0.264. The van der Waals surface area contributed by atoms with E-state index in [0.29, 0.717) is 12.0 Å². The van der Waals surface area contributed by atoms with Crippen LogP contribution in [-0.2, 0) is 19.0 Å². The van der Waals surface area contributed by atoms with Gasteiger partial charge in [0.2, 0.25) is 0 Å². The zero-order chi connectivity index (χ0) is 22.5. The molecule has 1 unspecified atom stereocenters. The van der Waals surface area contributed by atoms with Crippen molar-refractivity contribution in [2.24, 2.45) is 0 Å². The number of rotatable bonds is 4. The molecule has 1 aliphatic carbocycles. The maximum atomic E-state index is 14.5. The summed E-state index contributed by atoms with van der Waals surface area (Å²) in [5.74, 6) is -9.84. The van der Waals surface area contributed by atoms with E-state index in [1.54, 1.807) is 18.2 Å². The molecule has 1 nitrogen and oxygen atoms in total. The van der Waals surface area contributed by atoms with Crippen molar-refractivity contribution < 1.29 is 35.5 Å². The van der Waals surface area contributed by atoms with Crippen LogP contribution in [0.4, 0.5) is 30.7 Å². The molecule has 0 N–H and O–H groups in total. The summed E-state index contributed by atoms with van der Waals surface area (Å²) in [6.07, 6.45) is -3.19.